The zero-order chi connectivity index (χ0) is 20.4. The number of benzene rings is 1. The maximum Gasteiger partial charge on any atom is 0.271 e. The Bertz CT molecular complexity index is 1180. The average molecular weight is 438 g/mol. The zero-order valence-electron chi connectivity index (χ0n) is 15.3. The molecule has 2 heterocycles. The summed E-state index contributed by atoms with van der Waals surface area (Å²) in [5.74, 6) is -0.0548. The summed E-state index contributed by atoms with van der Waals surface area (Å²) in [5.41, 5.74) is 1.45. The first-order valence-corrected chi connectivity index (χ1v) is 12.5. The maximum atomic E-state index is 12.6. The highest BCUT2D eigenvalue weighted by Crippen LogP contribution is 2.26. The number of sulfone groups is 1. The summed E-state index contributed by atoms with van der Waals surface area (Å²) in [5, 5.41) is 7.67. The lowest BCUT2D eigenvalue weighted by atomic mass is 10.1. The van der Waals surface area contributed by atoms with Gasteiger partial charge < -0.3 is 0 Å². The Balaban J connectivity index is 1.86. The molecule has 148 valence electrons. The van der Waals surface area contributed by atoms with E-state index in [1.54, 1.807) is 42.5 Å². The monoisotopic (exact) mass is 437 g/mol. The molecule has 1 aromatic carbocycles. The number of hydrogen-bond acceptors (Lipinski definition) is 7. The van der Waals surface area contributed by atoms with Crippen LogP contribution in [-0.4, -0.2) is 32.8 Å². The number of thiophene rings is 1. The van der Waals surface area contributed by atoms with E-state index in [0.29, 0.717) is 16.9 Å². The lowest BCUT2D eigenvalue weighted by molar-refractivity contribution is 0.591. The summed E-state index contributed by atoms with van der Waals surface area (Å²) < 4.78 is 51.6. The summed E-state index contributed by atoms with van der Waals surface area (Å²) in [6.07, 6.45) is 0.776. The van der Waals surface area contributed by atoms with Gasteiger partial charge in [0.2, 0.25) is 0 Å². The number of anilines is 1. The molecule has 0 spiro atoms. The Kier molecular flexibility index (Phi) is 5.82. The van der Waals surface area contributed by atoms with Crippen molar-refractivity contribution in [3.63, 3.8) is 0 Å². The van der Waals surface area contributed by atoms with Crippen LogP contribution in [-0.2, 0) is 26.3 Å². The quantitative estimate of drug-likeness (QED) is 0.607. The summed E-state index contributed by atoms with van der Waals surface area (Å²) in [6, 6.07) is 13.0. The molecule has 28 heavy (non-hydrogen) atoms. The van der Waals surface area contributed by atoms with Crippen molar-refractivity contribution in [1.82, 2.24) is 10.2 Å². The molecule has 0 aliphatic heterocycles. The third-order valence-electron chi connectivity index (χ3n) is 4.00. The predicted molar refractivity (Wildman–Crippen MR) is 110 cm³/mol. The van der Waals surface area contributed by atoms with Gasteiger partial charge in [0.05, 0.1) is 11.4 Å². The molecular weight excluding hydrogens is 418 g/mol. The Labute approximate surface area is 168 Å². The Morgan fingerprint density at radius 2 is 1.75 bits per heavy atom. The standard InChI is InChI=1S/C18H19N3O4S3/c1-3-15-8-11-18(26-15)28(24,25)21-14-7-5-6-13(12-14)16-9-10-17(20-19-16)27(22,23)4-2/h5-12,21H,3-4H2,1-2H3. The summed E-state index contributed by atoms with van der Waals surface area (Å²) >= 11 is 1.24. The molecule has 0 fully saturated rings. The van der Waals surface area contributed by atoms with E-state index in [-0.39, 0.29) is 15.0 Å². The number of nitrogens with zero attached hydrogens (tertiary/aromatic N) is 2. The minimum Gasteiger partial charge on any atom is -0.279 e. The molecule has 3 aromatic rings. The van der Waals surface area contributed by atoms with Crippen LogP contribution in [0.4, 0.5) is 5.69 Å². The predicted octanol–water partition coefficient (Wildman–Crippen LogP) is 3.36. The van der Waals surface area contributed by atoms with Crippen LogP contribution >= 0.6 is 11.3 Å². The van der Waals surface area contributed by atoms with Crippen LogP contribution in [0.5, 0.6) is 0 Å². The first-order chi connectivity index (χ1) is 13.2. The van der Waals surface area contributed by atoms with Gasteiger partial charge in [-0.3, -0.25) is 4.72 Å². The summed E-state index contributed by atoms with van der Waals surface area (Å²) in [7, 11) is -7.10. The van der Waals surface area contributed by atoms with Gasteiger partial charge in [0, 0.05) is 16.1 Å². The smallest absolute Gasteiger partial charge is 0.271 e. The lowest BCUT2D eigenvalue weighted by Gasteiger charge is -2.08. The molecule has 0 amide bonds. The van der Waals surface area contributed by atoms with Crippen molar-refractivity contribution in [2.45, 2.75) is 29.5 Å². The molecule has 2 aromatic heterocycles. The minimum atomic E-state index is -3.68. The Morgan fingerprint density at radius 1 is 0.964 bits per heavy atom. The van der Waals surface area contributed by atoms with E-state index >= 15 is 0 Å². The number of rotatable bonds is 7. The third-order valence-corrected chi connectivity index (χ3v) is 8.72. The van der Waals surface area contributed by atoms with Crippen LogP contribution in [0.1, 0.15) is 18.7 Å². The van der Waals surface area contributed by atoms with Gasteiger partial charge in [0.15, 0.2) is 14.9 Å². The fraction of sp³-hybridized carbons (Fsp3) is 0.222. The normalized spacial score (nSPS) is 12.1. The molecule has 0 aliphatic carbocycles. The van der Waals surface area contributed by atoms with Gasteiger partial charge in [-0.05, 0) is 42.8 Å². The molecule has 7 nitrogen and oxygen atoms in total. The average Bonchev–Trinajstić information content (AvgIpc) is 3.18. The fourth-order valence-electron chi connectivity index (χ4n) is 2.43. The van der Waals surface area contributed by atoms with Gasteiger partial charge in [0.1, 0.15) is 4.21 Å². The van der Waals surface area contributed by atoms with Crippen molar-refractivity contribution in [2.75, 3.05) is 10.5 Å². The van der Waals surface area contributed by atoms with E-state index in [4.69, 9.17) is 0 Å². The first-order valence-electron chi connectivity index (χ1n) is 8.53. The zero-order valence-corrected chi connectivity index (χ0v) is 17.7. The molecule has 1 N–H and O–H groups in total. The second-order valence-electron chi connectivity index (χ2n) is 5.92. The molecule has 0 saturated heterocycles. The van der Waals surface area contributed by atoms with E-state index < -0.39 is 19.9 Å². The number of aryl methyl sites for hydroxylation is 1. The van der Waals surface area contributed by atoms with Crippen molar-refractivity contribution in [2.24, 2.45) is 0 Å². The molecule has 3 rings (SSSR count). The van der Waals surface area contributed by atoms with Crippen LogP contribution in [0, 0.1) is 0 Å². The van der Waals surface area contributed by atoms with E-state index in [2.05, 4.69) is 14.9 Å². The molecule has 0 unspecified atom stereocenters. The van der Waals surface area contributed by atoms with Crippen LogP contribution < -0.4 is 4.72 Å². The number of aromatic nitrogens is 2. The molecule has 0 atom stereocenters. The van der Waals surface area contributed by atoms with Gasteiger partial charge in [-0.15, -0.1) is 21.5 Å². The van der Waals surface area contributed by atoms with Gasteiger partial charge in [-0.1, -0.05) is 26.0 Å². The second-order valence-corrected chi connectivity index (χ2v) is 11.2. The Morgan fingerprint density at radius 3 is 2.36 bits per heavy atom. The number of sulfonamides is 1. The van der Waals surface area contributed by atoms with Crippen molar-refractivity contribution < 1.29 is 16.8 Å². The van der Waals surface area contributed by atoms with Crippen molar-refractivity contribution in [3.8, 4) is 11.3 Å². The van der Waals surface area contributed by atoms with Crippen molar-refractivity contribution >= 4 is 36.9 Å². The highest BCUT2D eigenvalue weighted by Gasteiger charge is 2.18. The lowest BCUT2D eigenvalue weighted by Crippen LogP contribution is -2.11. The van der Waals surface area contributed by atoms with Gasteiger partial charge >= 0.3 is 0 Å². The first kappa shape index (κ1) is 20.4. The SMILES string of the molecule is CCc1ccc(S(=O)(=O)Nc2cccc(-c3ccc(S(=O)(=O)CC)nn3)c2)s1. The number of hydrogen-bond donors (Lipinski definition) is 1. The van der Waals surface area contributed by atoms with Crippen molar-refractivity contribution in [3.05, 3.63) is 53.4 Å². The van der Waals surface area contributed by atoms with E-state index in [0.717, 1.165) is 11.3 Å². The van der Waals surface area contributed by atoms with E-state index in [9.17, 15) is 16.8 Å². The molecule has 0 aliphatic rings. The fourth-order valence-corrected chi connectivity index (χ4v) is 5.51. The van der Waals surface area contributed by atoms with E-state index in [1.165, 1.54) is 24.3 Å². The highest BCUT2D eigenvalue weighted by atomic mass is 32.2. The molecule has 10 heteroatoms. The van der Waals surface area contributed by atoms with Gasteiger partial charge in [-0.2, -0.15) is 0 Å². The van der Waals surface area contributed by atoms with Crippen LogP contribution in [0.15, 0.2) is 57.8 Å². The highest BCUT2D eigenvalue weighted by molar-refractivity contribution is 7.94. The van der Waals surface area contributed by atoms with Gasteiger partial charge in [-0.25, -0.2) is 16.8 Å². The van der Waals surface area contributed by atoms with Gasteiger partial charge in [0.25, 0.3) is 10.0 Å². The third kappa shape index (κ3) is 4.40. The topological polar surface area (TPSA) is 106 Å². The summed E-state index contributed by atoms with van der Waals surface area (Å²) in [6.45, 7) is 3.51. The largest absolute Gasteiger partial charge is 0.279 e. The molecule has 0 bridgehead atoms. The van der Waals surface area contributed by atoms with E-state index in [1.807, 2.05) is 6.92 Å². The van der Waals surface area contributed by atoms with Crippen LogP contribution in [0.25, 0.3) is 11.3 Å². The number of nitrogens with one attached hydrogen (secondary N) is 1. The second kappa shape index (κ2) is 7.98. The Hall–Kier alpha value is -2.30. The summed E-state index contributed by atoms with van der Waals surface area (Å²) in [4.78, 5) is 0.992. The molecular formula is C18H19N3O4S3. The van der Waals surface area contributed by atoms with Crippen molar-refractivity contribution in [1.29, 1.82) is 0 Å². The molecule has 0 saturated carbocycles. The molecule has 0 radical (unpaired) electrons. The van der Waals surface area contributed by atoms with Crippen LogP contribution in [0.2, 0.25) is 0 Å². The van der Waals surface area contributed by atoms with Crippen LogP contribution in [0.3, 0.4) is 0 Å². The minimum absolute atomic E-state index is 0.0548. The maximum absolute atomic E-state index is 12.6.